The minimum Gasteiger partial charge on any atom is -0.491 e. The van der Waals surface area contributed by atoms with Crippen molar-refractivity contribution >= 4 is 0 Å². The molecule has 1 aliphatic heterocycles. The van der Waals surface area contributed by atoms with Gasteiger partial charge in [-0.15, -0.1) is 0 Å². The van der Waals surface area contributed by atoms with Crippen LogP contribution in [0, 0.1) is 13.8 Å². The average molecular weight is 278 g/mol. The quantitative estimate of drug-likeness (QED) is 0.836. The third-order valence-electron chi connectivity index (χ3n) is 3.68. The maximum atomic E-state index is 9.99. The normalized spacial score (nSPS) is 17.9. The molecule has 20 heavy (non-hydrogen) atoms. The predicted molar refractivity (Wildman–Crippen MR) is 80.8 cm³/mol. The van der Waals surface area contributed by atoms with Crippen molar-refractivity contribution < 1.29 is 9.84 Å². The Morgan fingerprint density at radius 2 is 2.00 bits per heavy atom. The molecule has 0 amide bonds. The van der Waals surface area contributed by atoms with E-state index in [2.05, 4.69) is 16.5 Å². The first-order valence-corrected chi connectivity index (χ1v) is 7.52. The van der Waals surface area contributed by atoms with Crippen LogP contribution in [0.5, 0.6) is 5.75 Å². The molecule has 2 rings (SSSR count). The first-order valence-electron chi connectivity index (χ1n) is 7.52. The standard InChI is InChI=1S/C16H26N2O2/c1-13-6-7-14(2)16(10-13)20-12-15(19)11-17-18-8-4-3-5-9-18/h6-7,10,15,17,19H,3-5,8-9,11-12H2,1-2H3. The summed E-state index contributed by atoms with van der Waals surface area (Å²) in [5, 5.41) is 12.2. The van der Waals surface area contributed by atoms with E-state index in [0.29, 0.717) is 13.2 Å². The van der Waals surface area contributed by atoms with Gasteiger partial charge in [0.1, 0.15) is 18.5 Å². The van der Waals surface area contributed by atoms with Crippen LogP contribution in [-0.2, 0) is 0 Å². The maximum Gasteiger partial charge on any atom is 0.122 e. The van der Waals surface area contributed by atoms with Crippen molar-refractivity contribution in [2.45, 2.75) is 39.2 Å². The highest BCUT2D eigenvalue weighted by molar-refractivity contribution is 5.35. The summed E-state index contributed by atoms with van der Waals surface area (Å²) >= 11 is 0. The Labute approximate surface area is 121 Å². The monoisotopic (exact) mass is 278 g/mol. The van der Waals surface area contributed by atoms with Gasteiger partial charge in [0.05, 0.1) is 0 Å². The molecule has 1 fully saturated rings. The van der Waals surface area contributed by atoms with Crippen LogP contribution in [0.4, 0.5) is 0 Å². The molecule has 1 aromatic carbocycles. The first kappa shape index (κ1) is 15.3. The molecule has 4 heteroatoms. The van der Waals surface area contributed by atoms with Crippen molar-refractivity contribution in [1.29, 1.82) is 0 Å². The molecule has 1 aliphatic rings. The van der Waals surface area contributed by atoms with Crippen molar-refractivity contribution in [2.75, 3.05) is 26.2 Å². The van der Waals surface area contributed by atoms with Gasteiger partial charge in [0.25, 0.3) is 0 Å². The number of hydrazine groups is 1. The molecule has 0 spiro atoms. The molecule has 1 unspecified atom stereocenters. The van der Waals surface area contributed by atoms with E-state index in [0.717, 1.165) is 24.4 Å². The lowest BCUT2D eigenvalue weighted by Gasteiger charge is -2.28. The summed E-state index contributed by atoms with van der Waals surface area (Å²) < 4.78 is 5.71. The molecule has 0 aromatic heterocycles. The Bertz CT molecular complexity index is 417. The molecule has 4 nitrogen and oxygen atoms in total. The highest BCUT2D eigenvalue weighted by Gasteiger charge is 2.12. The van der Waals surface area contributed by atoms with Gasteiger partial charge >= 0.3 is 0 Å². The second-order valence-electron chi connectivity index (χ2n) is 5.64. The Kier molecular flexibility index (Phi) is 5.83. The van der Waals surface area contributed by atoms with Crippen LogP contribution >= 0.6 is 0 Å². The van der Waals surface area contributed by atoms with Crippen molar-refractivity contribution in [3.05, 3.63) is 29.3 Å². The number of ether oxygens (including phenoxy) is 1. The second kappa shape index (κ2) is 7.62. The summed E-state index contributed by atoms with van der Waals surface area (Å²) in [5.74, 6) is 0.863. The zero-order chi connectivity index (χ0) is 14.4. The predicted octanol–water partition coefficient (Wildman–Crippen LogP) is 2.03. The van der Waals surface area contributed by atoms with E-state index in [1.807, 2.05) is 26.0 Å². The fraction of sp³-hybridized carbons (Fsp3) is 0.625. The van der Waals surface area contributed by atoms with E-state index in [1.54, 1.807) is 0 Å². The van der Waals surface area contributed by atoms with Crippen LogP contribution in [0.25, 0.3) is 0 Å². The SMILES string of the molecule is Cc1ccc(C)c(OCC(O)CNN2CCCCC2)c1. The van der Waals surface area contributed by atoms with Gasteiger partial charge in [-0.1, -0.05) is 18.6 Å². The van der Waals surface area contributed by atoms with E-state index in [-0.39, 0.29) is 0 Å². The van der Waals surface area contributed by atoms with Crippen molar-refractivity contribution in [3.63, 3.8) is 0 Å². The summed E-state index contributed by atoms with van der Waals surface area (Å²) in [4.78, 5) is 0. The smallest absolute Gasteiger partial charge is 0.122 e. The fourth-order valence-corrected chi connectivity index (χ4v) is 2.39. The maximum absolute atomic E-state index is 9.99. The summed E-state index contributed by atoms with van der Waals surface area (Å²) in [5.41, 5.74) is 5.56. The zero-order valence-corrected chi connectivity index (χ0v) is 12.6. The molecule has 1 heterocycles. The Hall–Kier alpha value is -1.10. The molecule has 0 radical (unpaired) electrons. The zero-order valence-electron chi connectivity index (χ0n) is 12.6. The number of hydrogen-bond donors (Lipinski definition) is 2. The van der Waals surface area contributed by atoms with Crippen LogP contribution in [0.1, 0.15) is 30.4 Å². The number of nitrogens with zero attached hydrogens (tertiary/aromatic N) is 1. The largest absolute Gasteiger partial charge is 0.491 e. The molecule has 1 atom stereocenters. The number of benzene rings is 1. The topological polar surface area (TPSA) is 44.7 Å². The number of aliphatic hydroxyl groups excluding tert-OH is 1. The molecule has 112 valence electrons. The lowest BCUT2D eigenvalue weighted by atomic mass is 10.1. The van der Waals surface area contributed by atoms with Gasteiger partial charge in [0, 0.05) is 19.6 Å². The van der Waals surface area contributed by atoms with Gasteiger partial charge < -0.3 is 9.84 Å². The van der Waals surface area contributed by atoms with E-state index >= 15 is 0 Å². The second-order valence-corrected chi connectivity index (χ2v) is 5.64. The molecule has 1 saturated heterocycles. The van der Waals surface area contributed by atoms with Crippen LogP contribution in [0.3, 0.4) is 0 Å². The highest BCUT2D eigenvalue weighted by Crippen LogP contribution is 2.19. The van der Waals surface area contributed by atoms with Gasteiger partial charge in [-0.25, -0.2) is 5.01 Å². The lowest BCUT2D eigenvalue weighted by molar-refractivity contribution is 0.0682. The molecule has 0 bridgehead atoms. The fourth-order valence-electron chi connectivity index (χ4n) is 2.39. The minimum atomic E-state index is -0.489. The van der Waals surface area contributed by atoms with E-state index < -0.39 is 6.10 Å². The molecular formula is C16H26N2O2. The van der Waals surface area contributed by atoms with Crippen molar-refractivity contribution in [2.24, 2.45) is 0 Å². The van der Waals surface area contributed by atoms with E-state index in [1.165, 1.54) is 24.8 Å². The number of rotatable bonds is 6. The van der Waals surface area contributed by atoms with E-state index in [4.69, 9.17) is 4.74 Å². The first-order chi connectivity index (χ1) is 9.65. The number of hydrogen-bond acceptors (Lipinski definition) is 4. The number of aliphatic hydroxyl groups is 1. The Morgan fingerprint density at radius 3 is 2.75 bits per heavy atom. The molecular weight excluding hydrogens is 252 g/mol. The number of piperidine rings is 1. The summed E-state index contributed by atoms with van der Waals surface area (Å²) in [6, 6.07) is 6.12. The van der Waals surface area contributed by atoms with Gasteiger partial charge in [-0.2, -0.15) is 0 Å². The highest BCUT2D eigenvalue weighted by atomic mass is 16.5. The molecule has 0 aliphatic carbocycles. The number of nitrogens with one attached hydrogen (secondary N) is 1. The number of aryl methyl sites for hydroxylation is 2. The van der Waals surface area contributed by atoms with E-state index in [9.17, 15) is 5.11 Å². The Morgan fingerprint density at radius 1 is 1.25 bits per heavy atom. The van der Waals surface area contributed by atoms with Gasteiger partial charge in [-0.05, 0) is 43.9 Å². The van der Waals surface area contributed by atoms with Crippen LogP contribution in [0.2, 0.25) is 0 Å². The lowest BCUT2D eigenvalue weighted by Crippen LogP contribution is -2.46. The molecule has 2 N–H and O–H groups in total. The third-order valence-corrected chi connectivity index (χ3v) is 3.68. The molecule has 1 aromatic rings. The van der Waals surface area contributed by atoms with Crippen molar-refractivity contribution in [3.8, 4) is 5.75 Å². The van der Waals surface area contributed by atoms with Crippen LogP contribution < -0.4 is 10.2 Å². The summed E-state index contributed by atoms with van der Waals surface area (Å²) in [6.45, 7) is 7.08. The molecule has 0 saturated carbocycles. The van der Waals surface area contributed by atoms with Gasteiger partial charge in [0.15, 0.2) is 0 Å². The van der Waals surface area contributed by atoms with Crippen LogP contribution in [-0.4, -0.2) is 42.5 Å². The third kappa shape index (κ3) is 4.78. The summed E-state index contributed by atoms with van der Waals surface area (Å²) in [7, 11) is 0. The van der Waals surface area contributed by atoms with Crippen LogP contribution in [0.15, 0.2) is 18.2 Å². The van der Waals surface area contributed by atoms with Gasteiger partial charge in [-0.3, -0.25) is 5.43 Å². The average Bonchev–Trinajstić information content (AvgIpc) is 2.47. The Balaban J connectivity index is 1.71. The van der Waals surface area contributed by atoms with Crippen molar-refractivity contribution in [1.82, 2.24) is 10.4 Å². The summed E-state index contributed by atoms with van der Waals surface area (Å²) in [6.07, 6.45) is 3.30. The van der Waals surface area contributed by atoms with Gasteiger partial charge in [0.2, 0.25) is 0 Å². The minimum absolute atomic E-state index is 0.325.